The summed E-state index contributed by atoms with van der Waals surface area (Å²) in [4.78, 5) is 17.9. The van der Waals surface area contributed by atoms with Gasteiger partial charge in [-0.05, 0) is 19.1 Å². The van der Waals surface area contributed by atoms with Gasteiger partial charge in [0, 0.05) is 18.3 Å². The lowest BCUT2D eigenvalue weighted by Crippen LogP contribution is -2.36. The van der Waals surface area contributed by atoms with Gasteiger partial charge in [0.05, 0.1) is 11.1 Å². The lowest BCUT2D eigenvalue weighted by atomic mass is 10.1. The largest absolute Gasteiger partial charge is 0.347 e. The Morgan fingerprint density at radius 1 is 1.73 bits per heavy atom. The van der Waals surface area contributed by atoms with E-state index in [0.717, 1.165) is 29.4 Å². The first-order chi connectivity index (χ1) is 7.33. The van der Waals surface area contributed by atoms with Crippen LogP contribution in [0.25, 0.3) is 0 Å². The molecule has 1 atom stereocenters. The van der Waals surface area contributed by atoms with Gasteiger partial charge in [-0.1, -0.05) is 11.3 Å². The maximum Gasteiger partial charge on any atom is 0.185 e. The fourth-order valence-electron chi connectivity index (χ4n) is 1.78. The molecule has 15 heavy (non-hydrogen) atoms. The SMILES string of the molecule is CSC1CCCN(c2ncc(C=O)s2)C1. The average molecular weight is 242 g/mol. The Bertz CT molecular complexity index is 340. The molecule has 0 spiro atoms. The second kappa shape index (κ2) is 4.99. The van der Waals surface area contributed by atoms with Crippen LogP contribution in [0.2, 0.25) is 0 Å². The highest BCUT2D eigenvalue weighted by Gasteiger charge is 2.21. The molecule has 0 aliphatic carbocycles. The van der Waals surface area contributed by atoms with Crippen molar-refractivity contribution in [3.05, 3.63) is 11.1 Å². The zero-order valence-electron chi connectivity index (χ0n) is 8.68. The van der Waals surface area contributed by atoms with Crippen molar-refractivity contribution >= 4 is 34.5 Å². The molecule has 82 valence electrons. The molecule has 0 saturated carbocycles. The number of rotatable bonds is 3. The first-order valence-corrected chi connectivity index (χ1v) is 7.12. The molecule has 2 heterocycles. The summed E-state index contributed by atoms with van der Waals surface area (Å²) in [5.41, 5.74) is 0. The summed E-state index contributed by atoms with van der Waals surface area (Å²) in [6.07, 6.45) is 7.21. The number of nitrogens with zero attached hydrogens (tertiary/aromatic N) is 2. The monoisotopic (exact) mass is 242 g/mol. The molecule has 3 nitrogen and oxygen atoms in total. The molecule has 0 radical (unpaired) electrons. The molecule has 1 unspecified atom stereocenters. The summed E-state index contributed by atoms with van der Waals surface area (Å²) >= 11 is 3.41. The standard InChI is InChI=1S/C10H14N2OS2/c1-14-8-3-2-4-12(6-8)10-11-5-9(7-13)15-10/h5,7-8H,2-4,6H2,1H3. The first-order valence-electron chi connectivity index (χ1n) is 5.02. The Balaban J connectivity index is 2.06. The number of carbonyl (C=O) groups excluding carboxylic acids is 1. The molecular formula is C10H14N2OS2. The minimum absolute atomic E-state index is 0.710. The molecule has 1 aliphatic heterocycles. The van der Waals surface area contributed by atoms with E-state index in [0.29, 0.717) is 5.25 Å². The molecule has 0 bridgehead atoms. The van der Waals surface area contributed by atoms with E-state index in [1.54, 1.807) is 6.20 Å². The zero-order valence-corrected chi connectivity index (χ0v) is 10.3. The predicted molar refractivity (Wildman–Crippen MR) is 66.3 cm³/mol. The highest BCUT2D eigenvalue weighted by Crippen LogP contribution is 2.27. The Morgan fingerprint density at radius 2 is 2.60 bits per heavy atom. The molecule has 1 aromatic heterocycles. The second-order valence-corrected chi connectivity index (χ2v) is 5.79. The molecule has 0 aromatic carbocycles. The van der Waals surface area contributed by atoms with E-state index in [2.05, 4.69) is 16.1 Å². The minimum Gasteiger partial charge on any atom is -0.347 e. The quantitative estimate of drug-likeness (QED) is 0.761. The van der Waals surface area contributed by atoms with Crippen molar-refractivity contribution in [2.75, 3.05) is 24.2 Å². The number of carbonyl (C=O) groups is 1. The van der Waals surface area contributed by atoms with E-state index in [1.165, 1.54) is 24.2 Å². The molecule has 1 saturated heterocycles. The summed E-state index contributed by atoms with van der Waals surface area (Å²) < 4.78 is 0. The van der Waals surface area contributed by atoms with Gasteiger partial charge >= 0.3 is 0 Å². The summed E-state index contributed by atoms with van der Waals surface area (Å²) in [6.45, 7) is 2.13. The van der Waals surface area contributed by atoms with E-state index < -0.39 is 0 Å². The number of thioether (sulfide) groups is 1. The Labute approximate surface area is 97.9 Å². The van der Waals surface area contributed by atoms with E-state index >= 15 is 0 Å². The van der Waals surface area contributed by atoms with Crippen molar-refractivity contribution in [2.45, 2.75) is 18.1 Å². The fourth-order valence-corrected chi connectivity index (χ4v) is 3.28. The van der Waals surface area contributed by atoms with Crippen LogP contribution >= 0.6 is 23.1 Å². The van der Waals surface area contributed by atoms with Crippen LogP contribution < -0.4 is 4.90 Å². The maximum atomic E-state index is 10.6. The summed E-state index contributed by atoms with van der Waals surface area (Å²) in [5.74, 6) is 0. The van der Waals surface area contributed by atoms with Crippen LogP contribution in [0, 0.1) is 0 Å². The maximum absolute atomic E-state index is 10.6. The van der Waals surface area contributed by atoms with Crippen LogP contribution in [-0.4, -0.2) is 35.9 Å². The summed E-state index contributed by atoms with van der Waals surface area (Å²) in [6, 6.07) is 0. The van der Waals surface area contributed by atoms with E-state index in [1.807, 2.05) is 11.8 Å². The van der Waals surface area contributed by atoms with E-state index in [9.17, 15) is 4.79 Å². The van der Waals surface area contributed by atoms with Gasteiger partial charge in [0.15, 0.2) is 11.4 Å². The van der Waals surface area contributed by atoms with Crippen molar-refractivity contribution in [3.63, 3.8) is 0 Å². The van der Waals surface area contributed by atoms with E-state index in [4.69, 9.17) is 0 Å². The van der Waals surface area contributed by atoms with Crippen molar-refractivity contribution in [3.8, 4) is 0 Å². The van der Waals surface area contributed by atoms with Crippen LogP contribution in [0.3, 0.4) is 0 Å². The van der Waals surface area contributed by atoms with Gasteiger partial charge in [-0.2, -0.15) is 11.8 Å². The van der Waals surface area contributed by atoms with Crippen molar-refractivity contribution in [2.24, 2.45) is 0 Å². The molecule has 2 rings (SSSR count). The third-order valence-corrected chi connectivity index (χ3v) is 4.64. The Kier molecular flexibility index (Phi) is 3.64. The van der Waals surface area contributed by atoms with E-state index in [-0.39, 0.29) is 0 Å². The molecule has 0 amide bonds. The number of hydrogen-bond acceptors (Lipinski definition) is 5. The molecule has 1 fully saturated rings. The molecule has 5 heteroatoms. The van der Waals surface area contributed by atoms with Crippen LogP contribution in [0.15, 0.2) is 6.20 Å². The second-order valence-electron chi connectivity index (χ2n) is 3.61. The fraction of sp³-hybridized carbons (Fsp3) is 0.600. The molecular weight excluding hydrogens is 228 g/mol. The highest BCUT2D eigenvalue weighted by molar-refractivity contribution is 7.99. The zero-order chi connectivity index (χ0) is 10.7. The summed E-state index contributed by atoms with van der Waals surface area (Å²) in [5, 5.41) is 1.71. The van der Waals surface area contributed by atoms with Gasteiger partial charge in [-0.25, -0.2) is 4.98 Å². The molecule has 1 aromatic rings. The number of anilines is 1. The highest BCUT2D eigenvalue weighted by atomic mass is 32.2. The third-order valence-electron chi connectivity index (χ3n) is 2.61. The van der Waals surface area contributed by atoms with Crippen molar-refractivity contribution in [1.82, 2.24) is 4.98 Å². The van der Waals surface area contributed by atoms with Crippen LogP contribution in [0.5, 0.6) is 0 Å². The van der Waals surface area contributed by atoms with Gasteiger partial charge in [0.1, 0.15) is 0 Å². The first kappa shape index (κ1) is 11.0. The number of piperidine rings is 1. The predicted octanol–water partition coefficient (Wildman–Crippen LogP) is 2.29. The van der Waals surface area contributed by atoms with Gasteiger partial charge in [-0.3, -0.25) is 4.79 Å². The van der Waals surface area contributed by atoms with Crippen LogP contribution in [-0.2, 0) is 0 Å². The lowest BCUT2D eigenvalue weighted by molar-refractivity contribution is 0.112. The summed E-state index contributed by atoms with van der Waals surface area (Å²) in [7, 11) is 0. The number of aldehydes is 1. The Morgan fingerprint density at radius 3 is 3.27 bits per heavy atom. The minimum atomic E-state index is 0.710. The average Bonchev–Trinajstić information content (AvgIpc) is 2.78. The van der Waals surface area contributed by atoms with Gasteiger partial charge < -0.3 is 4.90 Å². The Hall–Kier alpha value is -0.550. The number of hydrogen-bond donors (Lipinski definition) is 0. The third kappa shape index (κ3) is 2.52. The topological polar surface area (TPSA) is 33.2 Å². The normalized spacial score (nSPS) is 21.7. The molecule has 0 N–H and O–H groups in total. The smallest absolute Gasteiger partial charge is 0.185 e. The molecule has 1 aliphatic rings. The van der Waals surface area contributed by atoms with Gasteiger partial charge in [0.25, 0.3) is 0 Å². The van der Waals surface area contributed by atoms with Gasteiger partial charge in [0.2, 0.25) is 0 Å². The van der Waals surface area contributed by atoms with Gasteiger partial charge in [-0.15, -0.1) is 0 Å². The van der Waals surface area contributed by atoms with Crippen LogP contribution in [0.1, 0.15) is 22.5 Å². The lowest BCUT2D eigenvalue weighted by Gasteiger charge is -2.31. The van der Waals surface area contributed by atoms with Crippen molar-refractivity contribution in [1.29, 1.82) is 0 Å². The van der Waals surface area contributed by atoms with Crippen molar-refractivity contribution < 1.29 is 4.79 Å². The number of thiazole rings is 1. The van der Waals surface area contributed by atoms with Crippen LogP contribution in [0.4, 0.5) is 5.13 Å². The number of aromatic nitrogens is 1.